The summed E-state index contributed by atoms with van der Waals surface area (Å²) in [5, 5.41) is 17.7. The minimum absolute atomic E-state index is 0.00590. The van der Waals surface area contributed by atoms with Crippen molar-refractivity contribution in [1.82, 2.24) is 24.3 Å². The quantitative estimate of drug-likeness (QED) is 0.602. The Morgan fingerprint density at radius 1 is 1.18 bits per heavy atom. The SMILES string of the molecule is CN1CCC2(CCOc3cc(-c4cnn(C)c4)ccc3S(=O)(=O)N3C[C@H](O)C[C@H]3C(=O)N2)CC1. The van der Waals surface area contributed by atoms with Crippen LogP contribution in [0.1, 0.15) is 25.7 Å². The van der Waals surface area contributed by atoms with Crippen molar-refractivity contribution >= 4 is 15.9 Å². The second-order valence-electron chi connectivity index (χ2n) is 9.72. The van der Waals surface area contributed by atoms with Crippen molar-refractivity contribution in [2.24, 2.45) is 7.05 Å². The van der Waals surface area contributed by atoms with Crippen LogP contribution in [0.25, 0.3) is 11.1 Å². The Hall–Kier alpha value is -2.47. The average molecular weight is 490 g/mol. The van der Waals surface area contributed by atoms with Crippen molar-refractivity contribution in [3.05, 3.63) is 30.6 Å². The summed E-state index contributed by atoms with van der Waals surface area (Å²) in [6.07, 6.45) is 4.81. The number of aromatic nitrogens is 2. The number of aryl methyl sites for hydroxylation is 1. The van der Waals surface area contributed by atoms with Gasteiger partial charge in [-0.05, 0) is 37.6 Å². The molecule has 0 aliphatic carbocycles. The number of fused-ring (bicyclic) bond motifs is 2. The van der Waals surface area contributed by atoms with Crippen LogP contribution in [0.5, 0.6) is 5.75 Å². The lowest BCUT2D eigenvalue weighted by Gasteiger charge is -2.42. The maximum absolute atomic E-state index is 13.7. The van der Waals surface area contributed by atoms with Gasteiger partial charge in [0.1, 0.15) is 16.7 Å². The number of nitrogens with zero attached hydrogens (tertiary/aromatic N) is 4. The highest BCUT2D eigenvalue weighted by Gasteiger charge is 2.47. The number of nitrogens with one attached hydrogen (secondary N) is 1. The van der Waals surface area contributed by atoms with E-state index in [9.17, 15) is 18.3 Å². The topological polar surface area (TPSA) is 117 Å². The lowest BCUT2D eigenvalue weighted by atomic mass is 9.84. The molecule has 0 radical (unpaired) electrons. The first kappa shape index (κ1) is 23.3. The largest absolute Gasteiger partial charge is 0.492 e. The van der Waals surface area contributed by atoms with E-state index in [2.05, 4.69) is 15.3 Å². The van der Waals surface area contributed by atoms with E-state index < -0.39 is 27.7 Å². The molecule has 11 heteroatoms. The lowest BCUT2D eigenvalue weighted by Crippen LogP contribution is -2.58. The van der Waals surface area contributed by atoms with Gasteiger partial charge in [-0.3, -0.25) is 9.48 Å². The normalized spacial score (nSPS) is 27.3. The standard InChI is InChI=1S/C23H31N5O5S/c1-26-8-5-23(6-9-26)7-10-33-20-11-16(17-13-24-27(2)14-17)3-4-21(20)34(31,32)28-15-18(29)12-19(28)22(30)25-23/h3-4,11,13-14,18-19,29H,5-10,12,15H2,1-2H3,(H,25,30)/t18-,19+/m1/s1. The van der Waals surface area contributed by atoms with E-state index in [1.807, 2.05) is 20.3 Å². The van der Waals surface area contributed by atoms with Crippen LogP contribution in [-0.2, 0) is 21.9 Å². The summed E-state index contributed by atoms with van der Waals surface area (Å²) in [7, 11) is -0.219. The molecule has 3 aliphatic heterocycles. The number of benzene rings is 1. The van der Waals surface area contributed by atoms with Gasteiger partial charge >= 0.3 is 0 Å². The molecule has 1 aromatic carbocycles. The van der Waals surface area contributed by atoms with Gasteiger partial charge in [-0.25, -0.2) is 8.42 Å². The summed E-state index contributed by atoms with van der Waals surface area (Å²) < 4.78 is 36.4. The third-order valence-corrected chi connectivity index (χ3v) is 9.19. The molecule has 2 aromatic rings. The molecule has 184 valence electrons. The second kappa shape index (κ2) is 8.63. The van der Waals surface area contributed by atoms with Crippen molar-refractivity contribution in [3.63, 3.8) is 0 Å². The molecule has 4 heterocycles. The zero-order chi connectivity index (χ0) is 24.1. The number of rotatable bonds is 1. The van der Waals surface area contributed by atoms with Crippen molar-refractivity contribution in [3.8, 4) is 16.9 Å². The molecule has 1 aromatic heterocycles. The number of amides is 1. The fraction of sp³-hybridized carbons (Fsp3) is 0.565. The Morgan fingerprint density at radius 3 is 2.65 bits per heavy atom. The minimum atomic E-state index is -4.09. The van der Waals surface area contributed by atoms with E-state index in [-0.39, 0.29) is 36.1 Å². The number of piperidine rings is 1. The fourth-order valence-electron chi connectivity index (χ4n) is 5.18. The van der Waals surface area contributed by atoms with Crippen LogP contribution < -0.4 is 10.1 Å². The van der Waals surface area contributed by atoms with Crippen molar-refractivity contribution in [2.45, 2.75) is 48.3 Å². The number of sulfonamides is 1. The van der Waals surface area contributed by atoms with E-state index in [4.69, 9.17) is 4.74 Å². The Bertz CT molecular complexity index is 1190. The van der Waals surface area contributed by atoms with Crippen LogP contribution in [-0.4, -0.2) is 89.4 Å². The molecule has 2 atom stereocenters. The number of hydrogen-bond donors (Lipinski definition) is 2. The molecule has 2 N–H and O–H groups in total. The third-order valence-electron chi connectivity index (χ3n) is 7.28. The van der Waals surface area contributed by atoms with Gasteiger partial charge in [-0.15, -0.1) is 0 Å². The van der Waals surface area contributed by atoms with E-state index in [1.54, 1.807) is 23.0 Å². The molecule has 0 unspecified atom stereocenters. The summed E-state index contributed by atoms with van der Waals surface area (Å²) >= 11 is 0. The van der Waals surface area contributed by atoms with Gasteiger partial charge < -0.3 is 20.1 Å². The first-order valence-electron chi connectivity index (χ1n) is 11.6. The maximum atomic E-state index is 13.7. The van der Waals surface area contributed by atoms with Crippen LogP contribution in [0.3, 0.4) is 0 Å². The van der Waals surface area contributed by atoms with E-state index in [1.165, 1.54) is 6.07 Å². The molecular formula is C23H31N5O5S. The first-order chi connectivity index (χ1) is 16.2. The van der Waals surface area contributed by atoms with Crippen molar-refractivity contribution < 1.29 is 23.1 Å². The van der Waals surface area contributed by atoms with Gasteiger partial charge in [0, 0.05) is 56.8 Å². The Balaban J connectivity index is 1.58. The summed E-state index contributed by atoms with van der Waals surface area (Å²) in [6.45, 7) is 1.81. The summed E-state index contributed by atoms with van der Waals surface area (Å²) in [5.41, 5.74) is 1.16. The fourth-order valence-corrected chi connectivity index (χ4v) is 6.93. The second-order valence-corrected chi connectivity index (χ2v) is 11.6. The Morgan fingerprint density at radius 2 is 1.94 bits per heavy atom. The van der Waals surface area contributed by atoms with Crippen LogP contribution in [0.4, 0.5) is 0 Å². The molecule has 3 aliphatic rings. The molecule has 34 heavy (non-hydrogen) atoms. The molecule has 5 rings (SSSR count). The minimum Gasteiger partial charge on any atom is -0.492 e. The highest BCUT2D eigenvalue weighted by Crippen LogP contribution is 2.37. The molecule has 2 saturated heterocycles. The number of ether oxygens (including phenoxy) is 1. The first-order valence-corrected chi connectivity index (χ1v) is 13.1. The molecule has 10 nitrogen and oxygen atoms in total. The highest BCUT2D eigenvalue weighted by atomic mass is 32.2. The maximum Gasteiger partial charge on any atom is 0.247 e. The molecule has 2 fully saturated rings. The number of carbonyl (C=O) groups excluding carboxylic acids is 1. The number of carbonyl (C=O) groups is 1. The van der Waals surface area contributed by atoms with E-state index in [0.29, 0.717) is 6.42 Å². The van der Waals surface area contributed by atoms with Crippen molar-refractivity contribution in [1.29, 1.82) is 0 Å². The zero-order valence-electron chi connectivity index (χ0n) is 19.5. The molecular weight excluding hydrogens is 458 g/mol. The van der Waals surface area contributed by atoms with Crippen LogP contribution >= 0.6 is 0 Å². The van der Waals surface area contributed by atoms with Gasteiger partial charge in [-0.1, -0.05) is 6.07 Å². The van der Waals surface area contributed by atoms with Gasteiger partial charge in [-0.2, -0.15) is 9.40 Å². The molecule has 1 spiro atoms. The predicted octanol–water partition coefficient (Wildman–Crippen LogP) is 0.574. The zero-order valence-corrected chi connectivity index (χ0v) is 20.3. The predicted molar refractivity (Wildman–Crippen MR) is 125 cm³/mol. The van der Waals surface area contributed by atoms with Crippen molar-refractivity contribution in [2.75, 3.05) is 33.3 Å². The summed E-state index contributed by atoms with van der Waals surface area (Å²) in [4.78, 5) is 15.6. The molecule has 0 bridgehead atoms. The van der Waals surface area contributed by atoms with Gasteiger partial charge in [0.15, 0.2) is 0 Å². The van der Waals surface area contributed by atoms with Crippen LogP contribution in [0.15, 0.2) is 35.5 Å². The molecule has 1 amide bonds. The smallest absolute Gasteiger partial charge is 0.247 e. The average Bonchev–Trinajstić information content (AvgIpc) is 3.41. The number of likely N-dealkylation sites (tertiary alicyclic amines) is 1. The summed E-state index contributed by atoms with van der Waals surface area (Å²) in [5.74, 6) is -0.0981. The summed E-state index contributed by atoms with van der Waals surface area (Å²) in [6, 6.07) is 4.01. The number of aliphatic hydroxyl groups is 1. The van der Waals surface area contributed by atoms with Gasteiger partial charge in [0.05, 0.1) is 18.9 Å². The van der Waals surface area contributed by atoms with E-state index in [0.717, 1.165) is 41.4 Å². The third kappa shape index (κ3) is 4.21. The van der Waals surface area contributed by atoms with Crippen LogP contribution in [0, 0.1) is 0 Å². The highest BCUT2D eigenvalue weighted by molar-refractivity contribution is 7.89. The molecule has 0 saturated carbocycles. The Labute approximate surface area is 199 Å². The number of aliphatic hydroxyl groups excluding tert-OH is 1. The van der Waals surface area contributed by atoms with E-state index >= 15 is 0 Å². The van der Waals surface area contributed by atoms with Crippen LogP contribution in [0.2, 0.25) is 0 Å². The van der Waals surface area contributed by atoms with Gasteiger partial charge in [0.25, 0.3) is 0 Å². The Kier molecular flexibility index (Phi) is 5.91. The van der Waals surface area contributed by atoms with Gasteiger partial charge in [0.2, 0.25) is 15.9 Å². The number of hydrogen-bond acceptors (Lipinski definition) is 7. The lowest BCUT2D eigenvalue weighted by molar-refractivity contribution is -0.127. The monoisotopic (exact) mass is 489 g/mol.